The lowest BCUT2D eigenvalue weighted by Crippen LogP contribution is -2.46. The van der Waals surface area contributed by atoms with Crippen molar-refractivity contribution in [3.8, 4) is 16.9 Å². The molecule has 364 valence electrons. The Morgan fingerprint density at radius 3 is 2.24 bits per heavy atom. The number of Topliss-reactive ketones (excluding diaryl/α,β-unsaturated/α-hetero) is 1. The van der Waals surface area contributed by atoms with Crippen molar-refractivity contribution in [1.82, 2.24) is 20.6 Å². The quantitative estimate of drug-likeness (QED) is 0.0387. The summed E-state index contributed by atoms with van der Waals surface area (Å²) in [6.45, 7) is 8.62. The third-order valence-electron chi connectivity index (χ3n) is 10.4. The van der Waals surface area contributed by atoms with E-state index in [1.807, 2.05) is 26.0 Å². The maximum absolute atomic E-state index is 14.8. The molecule has 0 radical (unpaired) electrons. The Morgan fingerprint density at radius 1 is 0.851 bits per heavy atom. The first-order chi connectivity index (χ1) is 32.1. The van der Waals surface area contributed by atoms with Gasteiger partial charge in [-0.15, -0.1) is 4.36 Å². The summed E-state index contributed by atoms with van der Waals surface area (Å²) < 4.78 is 78.3. The molecule has 5 N–H and O–H groups in total. The molecule has 1 saturated heterocycles. The van der Waals surface area contributed by atoms with Gasteiger partial charge in [-0.1, -0.05) is 38.1 Å². The first kappa shape index (κ1) is 52.5. The Hall–Kier alpha value is -5.48. The monoisotopic (exact) mass is 953 g/mol. The molecule has 17 nitrogen and oxygen atoms in total. The highest BCUT2D eigenvalue weighted by Crippen LogP contribution is 2.34. The van der Waals surface area contributed by atoms with Crippen LogP contribution in [0.4, 0.5) is 25.2 Å². The normalized spacial score (nSPS) is 16.1. The van der Waals surface area contributed by atoms with Gasteiger partial charge in [-0.25, -0.2) is 27.8 Å². The lowest BCUT2D eigenvalue weighted by molar-refractivity contribution is -0.123. The van der Waals surface area contributed by atoms with Crippen molar-refractivity contribution in [2.45, 2.75) is 76.8 Å². The largest absolute Gasteiger partial charge is 0.496 e. The van der Waals surface area contributed by atoms with Gasteiger partial charge in [-0.2, -0.15) is 0 Å². The van der Waals surface area contributed by atoms with E-state index in [-0.39, 0.29) is 84.9 Å². The van der Waals surface area contributed by atoms with Crippen LogP contribution in [-0.4, -0.2) is 116 Å². The minimum atomic E-state index is -3.08. The molecule has 2 aromatic heterocycles. The number of ether oxygens (including phenoxy) is 6. The molecule has 0 saturated carbocycles. The van der Waals surface area contributed by atoms with Gasteiger partial charge in [0.25, 0.3) is 0 Å². The first-order valence-corrected chi connectivity index (χ1v) is 24.1. The van der Waals surface area contributed by atoms with Crippen LogP contribution in [0.3, 0.4) is 0 Å². The highest BCUT2D eigenvalue weighted by atomic mass is 32.2. The van der Waals surface area contributed by atoms with Gasteiger partial charge in [0.1, 0.15) is 53.7 Å². The van der Waals surface area contributed by atoms with Crippen molar-refractivity contribution in [1.29, 1.82) is 0 Å². The molecule has 3 unspecified atom stereocenters. The molecule has 2 amide bonds. The predicted molar refractivity (Wildman–Crippen MR) is 248 cm³/mol. The average molecular weight is 954 g/mol. The van der Waals surface area contributed by atoms with Gasteiger partial charge in [0, 0.05) is 49.0 Å². The van der Waals surface area contributed by atoms with Crippen molar-refractivity contribution < 1.29 is 55.8 Å². The number of ketones is 1. The highest BCUT2D eigenvalue weighted by Gasteiger charge is 2.47. The van der Waals surface area contributed by atoms with Gasteiger partial charge in [-0.05, 0) is 66.3 Å². The van der Waals surface area contributed by atoms with E-state index in [4.69, 9.17) is 34.2 Å². The Balaban J connectivity index is 1.01. The lowest BCUT2D eigenvalue weighted by Gasteiger charge is -2.21. The fourth-order valence-electron chi connectivity index (χ4n) is 6.87. The number of methoxy groups -OCH3 is 1. The van der Waals surface area contributed by atoms with Crippen LogP contribution in [0.15, 0.2) is 77.4 Å². The predicted octanol–water partition coefficient (Wildman–Crippen LogP) is 5.85. The number of aryl methyl sites for hydroxylation is 1. The fraction of sp³-hybridized carbons (Fsp3) is 0.468. The van der Waals surface area contributed by atoms with E-state index in [1.165, 1.54) is 37.8 Å². The molecule has 20 heteroatoms. The van der Waals surface area contributed by atoms with E-state index >= 15 is 0 Å². The van der Waals surface area contributed by atoms with E-state index in [1.54, 1.807) is 31.2 Å². The van der Waals surface area contributed by atoms with Crippen LogP contribution in [0.2, 0.25) is 0 Å². The maximum atomic E-state index is 14.8. The van der Waals surface area contributed by atoms with Crippen molar-refractivity contribution in [3.05, 3.63) is 101 Å². The number of nitrogens with two attached hydrogens (primary N) is 1. The molecule has 4 aromatic rings. The number of benzene rings is 2. The Bertz CT molecular complexity index is 2390. The number of halogens is 2. The summed E-state index contributed by atoms with van der Waals surface area (Å²) >= 11 is 0. The van der Waals surface area contributed by atoms with Gasteiger partial charge < -0.3 is 44.8 Å². The van der Waals surface area contributed by atoms with Crippen molar-refractivity contribution in [2.75, 3.05) is 64.9 Å². The molecule has 5 rings (SSSR count). The van der Waals surface area contributed by atoms with Crippen molar-refractivity contribution in [2.24, 2.45) is 16.0 Å². The SMILES string of the molecule is COc1cc(F)ccc1-c1cc(Nc2cc(CS(C)(=O)=NC(=O)OCc3ccc(CCC(=O)[C@H](C)NC4OC4[C@@H](NC(=O)CCOCCOCCOCCN)C(C)C)cc3)ccn2)ncc1F. The van der Waals surface area contributed by atoms with E-state index < -0.39 is 33.5 Å². The molecule has 5 atom stereocenters. The van der Waals surface area contributed by atoms with Gasteiger partial charge in [-0.3, -0.25) is 14.9 Å². The third kappa shape index (κ3) is 17.6. The second kappa shape index (κ2) is 26.2. The van der Waals surface area contributed by atoms with Crippen LogP contribution >= 0.6 is 0 Å². The number of amides is 2. The zero-order chi connectivity index (χ0) is 48.3. The van der Waals surface area contributed by atoms with Gasteiger partial charge in [0.15, 0.2) is 0 Å². The van der Waals surface area contributed by atoms with Gasteiger partial charge in [0.05, 0.1) is 80.5 Å². The number of aromatic nitrogens is 2. The standard InChI is InChI=1S/C47H61F2N7O10S/c1-30(2)44(55-43(58)15-18-62-20-22-64-23-21-63-19-16-50)45-46(66-45)53-31(3)39(57)13-10-32-6-8-33(9-7-32)28-65-47(59)56-67(5,60)29-34-14-17-51-41(24-34)54-42-26-37(38(49)27-52-42)36-12-11-35(48)25-40(36)61-4/h6-9,11-12,14,17,24-27,30-31,44-46,53H,10,13,15-16,18-23,28-29,50H2,1-5H3,(H,55,58)(H,51,52,54)/t31-,44-,45?,46?,67?/m0/s1. The van der Waals surface area contributed by atoms with Crippen molar-refractivity contribution in [3.63, 3.8) is 0 Å². The summed E-state index contributed by atoms with van der Waals surface area (Å²) in [7, 11) is -1.73. The Kier molecular flexibility index (Phi) is 20.5. The van der Waals surface area contributed by atoms with Crippen LogP contribution in [0, 0.1) is 17.6 Å². The molecule has 67 heavy (non-hydrogen) atoms. The van der Waals surface area contributed by atoms with Crippen LogP contribution in [0.1, 0.15) is 50.3 Å². The molecule has 2 aromatic carbocycles. The smallest absolute Gasteiger partial charge is 0.442 e. The molecule has 3 heterocycles. The molecule has 0 spiro atoms. The Labute approximate surface area is 390 Å². The number of anilines is 2. The zero-order valence-corrected chi connectivity index (χ0v) is 39.3. The summed E-state index contributed by atoms with van der Waals surface area (Å²) in [6, 6.07) is 15.0. The number of carbonyl (C=O) groups excluding carboxylic acids is 3. The van der Waals surface area contributed by atoms with Gasteiger partial charge in [0.2, 0.25) is 5.91 Å². The highest BCUT2D eigenvalue weighted by molar-refractivity contribution is 7.92. The third-order valence-corrected chi connectivity index (χ3v) is 11.8. The van der Waals surface area contributed by atoms with E-state index in [2.05, 4.69) is 30.3 Å². The van der Waals surface area contributed by atoms with E-state index in [0.717, 1.165) is 17.8 Å². The minimum absolute atomic E-state index is 0.00833. The molecule has 0 bridgehead atoms. The van der Waals surface area contributed by atoms with E-state index in [0.29, 0.717) is 68.5 Å². The number of rotatable bonds is 28. The first-order valence-electron chi connectivity index (χ1n) is 22.0. The lowest BCUT2D eigenvalue weighted by atomic mass is 9.99. The average Bonchev–Trinajstić information content (AvgIpc) is 4.06. The number of pyridine rings is 2. The van der Waals surface area contributed by atoms with Crippen LogP contribution in [-0.2, 0) is 61.8 Å². The van der Waals surface area contributed by atoms with Crippen LogP contribution < -0.4 is 26.4 Å². The molecule has 0 aliphatic carbocycles. The number of nitrogens with zero attached hydrogens (tertiary/aromatic N) is 3. The molecule has 1 fully saturated rings. The number of hydrogen-bond donors (Lipinski definition) is 4. The van der Waals surface area contributed by atoms with Gasteiger partial charge >= 0.3 is 6.09 Å². The second-order valence-corrected chi connectivity index (χ2v) is 18.6. The molecule has 1 aliphatic heterocycles. The number of nitrogens with one attached hydrogen (secondary N) is 3. The van der Waals surface area contributed by atoms with Crippen molar-refractivity contribution >= 4 is 39.1 Å². The summed E-state index contributed by atoms with van der Waals surface area (Å²) in [6.07, 6.45) is 3.21. The summed E-state index contributed by atoms with van der Waals surface area (Å²) in [5.74, 6) is -0.612. The molecule has 1 aliphatic rings. The minimum Gasteiger partial charge on any atom is -0.496 e. The summed E-state index contributed by atoms with van der Waals surface area (Å²) in [4.78, 5) is 46.7. The topological polar surface area (TPSA) is 227 Å². The zero-order valence-electron chi connectivity index (χ0n) is 38.5. The summed E-state index contributed by atoms with van der Waals surface area (Å²) in [5.41, 5.74) is 7.97. The summed E-state index contributed by atoms with van der Waals surface area (Å²) in [5, 5.41) is 9.28. The molecular formula is C47H61F2N7O10S. The maximum Gasteiger partial charge on any atom is 0.442 e. The number of epoxide rings is 1. The van der Waals surface area contributed by atoms with Crippen LogP contribution in [0.25, 0.3) is 11.1 Å². The van der Waals surface area contributed by atoms with Crippen LogP contribution in [0.5, 0.6) is 5.75 Å². The second-order valence-electron chi connectivity index (χ2n) is 16.2. The van der Waals surface area contributed by atoms with E-state index in [9.17, 15) is 27.4 Å². The number of carbonyl (C=O) groups is 3. The Morgan fingerprint density at radius 2 is 1.54 bits per heavy atom. The molecular weight excluding hydrogens is 893 g/mol. The fourth-order valence-corrected chi connectivity index (χ4v) is 8.10. The number of hydrogen-bond acceptors (Lipinski definition) is 15.